The van der Waals surface area contributed by atoms with Gasteiger partial charge in [-0.05, 0) is 12.8 Å². The molecule has 3 heteroatoms. The summed E-state index contributed by atoms with van der Waals surface area (Å²) in [5.74, 6) is 0.165. The van der Waals surface area contributed by atoms with Gasteiger partial charge in [0.05, 0.1) is 5.71 Å². The summed E-state index contributed by atoms with van der Waals surface area (Å²) in [4.78, 5) is 12.2. The summed E-state index contributed by atoms with van der Waals surface area (Å²) in [6, 6.07) is 19.9. The number of hydrogen-bond acceptors (Lipinski definition) is 2. The van der Waals surface area contributed by atoms with Crippen LogP contribution in [0.15, 0.2) is 65.8 Å². The first-order valence-electron chi connectivity index (χ1n) is 7.83. The van der Waals surface area contributed by atoms with Crippen molar-refractivity contribution in [3.05, 3.63) is 71.8 Å². The summed E-state index contributed by atoms with van der Waals surface area (Å²) in [5.41, 5.74) is 5.57. The third-order valence-electron chi connectivity index (χ3n) is 4.10. The van der Waals surface area contributed by atoms with Crippen molar-refractivity contribution in [2.24, 2.45) is 11.0 Å². The highest BCUT2D eigenvalue weighted by atomic mass is 16.2. The van der Waals surface area contributed by atoms with E-state index in [1.165, 1.54) is 0 Å². The van der Waals surface area contributed by atoms with Crippen molar-refractivity contribution in [3.8, 4) is 0 Å². The van der Waals surface area contributed by atoms with Crippen molar-refractivity contribution < 1.29 is 4.79 Å². The third-order valence-corrected chi connectivity index (χ3v) is 4.10. The molecule has 1 aliphatic carbocycles. The van der Waals surface area contributed by atoms with Crippen LogP contribution in [0.25, 0.3) is 0 Å². The highest BCUT2D eigenvalue weighted by Gasteiger charge is 2.22. The highest BCUT2D eigenvalue weighted by Crippen LogP contribution is 2.24. The monoisotopic (exact) mass is 292 g/mol. The van der Waals surface area contributed by atoms with Crippen molar-refractivity contribution >= 4 is 11.6 Å². The Kier molecular flexibility index (Phi) is 4.64. The smallest absolute Gasteiger partial charge is 0.243 e. The van der Waals surface area contributed by atoms with E-state index in [-0.39, 0.29) is 11.8 Å². The van der Waals surface area contributed by atoms with Gasteiger partial charge in [0.1, 0.15) is 0 Å². The van der Waals surface area contributed by atoms with E-state index < -0.39 is 0 Å². The number of carbonyl (C=O) groups is 1. The summed E-state index contributed by atoms with van der Waals surface area (Å²) in [6.07, 6.45) is 4.25. The minimum Gasteiger partial charge on any atom is -0.273 e. The lowest BCUT2D eigenvalue weighted by Gasteiger charge is -2.10. The molecular formula is C19H20N2O. The first-order valence-corrected chi connectivity index (χ1v) is 7.83. The summed E-state index contributed by atoms with van der Waals surface area (Å²) in [6.45, 7) is 0. The summed E-state index contributed by atoms with van der Waals surface area (Å²) in [7, 11) is 0. The largest absolute Gasteiger partial charge is 0.273 e. The zero-order chi connectivity index (χ0) is 15.2. The molecule has 0 unspecified atom stereocenters. The maximum absolute atomic E-state index is 12.2. The molecule has 0 atom stereocenters. The van der Waals surface area contributed by atoms with Crippen LogP contribution in [0.3, 0.4) is 0 Å². The van der Waals surface area contributed by atoms with Gasteiger partial charge >= 0.3 is 0 Å². The van der Waals surface area contributed by atoms with E-state index in [1.54, 1.807) is 0 Å². The number of rotatable bonds is 4. The summed E-state index contributed by atoms with van der Waals surface area (Å²) >= 11 is 0. The number of nitrogens with zero attached hydrogens (tertiary/aromatic N) is 1. The Morgan fingerprint density at radius 2 is 1.36 bits per heavy atom. The van der Waals surface area contributed by atoms with E-state index in [0.29, 0.717) is 0 Å². The lowest BCUT2D eigenvalue weighted by atomic mass is 10.0. The molecule has 0 bridgehead atoms. The van der Waals surface area contributed by atoms with Crippen LogP contribution < -0.4 is 5.43 Å². The van der Waals surface area contributed by atoms with Gasteiger partial charge in [-0.2, -0.15) is 5.10 Å². The molecular weight excluding hydrogens is 272 g/mol. The Bertz CT molecular complexity index is 602. The number of amides is 1. The number of hydrazone groups is 1. The number of carbonyl (C=O) groups excluding carboxylic acids is 1. The fourth-order valence-corrected chi connectivity index (χ4v) is 2.88. The molecule has 1 aliphatic rings. The topological polar surface area (TPSA) is 41.5 Å². The standard InChI is InChI=1S/C19H20N2O/c22-19(17-13-7-8-14-17)21-20-18(15-9-3-1-4-10-15)16-11-5-2-6-12-16/h1-6,9-12,17H,7-8,13-14H2,(H,21,22). The van der Waals surface area contributed by atoms with Crippen LogP contribution >= 0.6 is 0 Å². The van der Waals surface area contributed by atoms with Gasteiger partial charge in [-0.15, -0.1) is 0 Å². The molecule has 3 nitrogen and oxygen atoms in total. The molecule has 112 valence electrons. The fourth-order valence-electron chi connectivity index (χ4n) is 2.88. The van der Waals surface area contributed by atoms with Gasteiger partial charge < -0.3 is 0 Å². The quantitative estimate of drug-likeness (QED) is 0.677. The minimum atomic E-state index is 0.0434. The van der Waals surface area contributed by atoms with Crippen LogP contribution in [0.5, 0.6) is 0 Å². The molecule has 0 aromatic heterocycles. The molecule has 22 heavy (non-hydrogen) atoms. The molecule has 0 heterocycles. The highest BCUT2D eigenvalue weighted by molar-refractivity contribution is 6.13. The van der Waals surface area contributed by atoms with E-state index in [2.05, 4.69) is 10.5 Å². The maximum atomic E-state index is 12.2. The average molecular weight is 292 g/mol. The lowest BCUT2D eigenvalue weighted by molar-refractivity contribution is -0.124. The van der Waals surface area contributed by atoms with Crippen LogP contribution in [0.4, 0.5) is 0 Å². The maximum Gasteiger partial charge on any atom is 0.243 e. The molecule has 0 radical (unpaired) electrons. The Morgan fingerprint density at radius 3 is 1.86 bits per heavy atom. The molecule has 2 aromatic carbocycles. The molecule has 0 aliphatic heterocycles. The predicted octanol–water partition coefficient (Wildman–Crippen LogP) is 3.75. The first kappa shape index (κ1) is 14.5. The van der Waals surface area contributed by atoms with Crippen molar-refractivity contribution in [1.82, 2.24) is 5.43 Å². The van der Waals surface area contributed by atoms with Gasteiger partial charge in [0.15, 0.2) is 0 Å². The molecule has 0 saturated heterocycles. The fraction of sp³-hybridized carbons (Fsp3) is 0.263. The van der Waals surface area contributed by atoms with Crippen LogP contribution in [0.2, 0.25) is 0 Å². The first-order chi connectivity index (χ1) is 10.8. The zero-order valence-corrected chi connectivity index (χ0v) is 12.5. The predicted molar refractivity (Wildman–Crippen MR) is 88.6 cm³/mol. The minimum absolute atomic E-state index is 0.0434. The Labute approximate surface area is 131 Å². The van der Waals surface area contributed by atoms with Crippen molar-refractivity contribution in [3.63, 3.8) is 0 Å². The van der Waals surface area contributed by atoms with Crippen LogP contribution in [0, 0.1) is 5.92 Å². The van der Waals surface area contributed by atoms with Gasteiger partial charge in [-0.25, -0.2) is 5.43 Å². The molecule has 1 fully saturated rings. The lowest BCUT2D eigenvalue weighted by Crippen LogP contribution is -2.26. The van der Waals surface area contributed by atoms with Gasteiger partial charge in [0.2, 0.25) is 5.91 Å². The number of hydrogen-bond donors (Lipinski definition) is 1. The normalized spacial score (nSPS) is 14.5. The van der Waals surface area contributed by atoms with E-state index in [4.69, 9.17) is 0 Å². The second-order valence-corrected chi connectivity index (χ2v) is 5.65. The van der Waals surface area contributed by atoms with Gasteiger partial charge in [-0.1, -0.05) is 73.5 Å². The molecule has 3 rings (SSSR count). The Balaban J connectivity index is 1.85. The summed E-state index contributed by atoms with van der Waals surface area (Å²) in [5, 5.41) is 4.43. The Morgan fingerprint density at radius 1 is 0.864 bits per heavy atom. The van der Waals surface area contributed by atoms with E-state index in [9.17, 15) is 4.79 Å². The molecule has 1 N–H and O–H groups in total. The van der Waals surface area contributed by atoms with Crippen molar-refractivity contribution in [2.45, 2.75) is 25.7 Å². The van der Waals surface area contributed by atoms with Crippen molar-refractivity contribution in [2.75, 3.05) is 0 Å². The molecule has 2 aromatic rings. The SMILES string of the molecule is O=C(NN=C(c1ccccc1)c1ccccc1)C1CCCC1. The van der Waals surface area contributed by atoms with Crippen LogP contribution in [0.1, 0.15) is 36.8 Å². The Hall–Kier alpha value is -2.42. The molecule has 1 amide bonds. The second kappa shape index (κ2) is 7.03. The second-order valence-electron chi connectivity index (χ2n) is 5.65. The molecule has 1 saturated carbocycles. The van der Waals surface area contributed by atoms with Crippen LogP contribution in [-0.4, -0.2) is 11.6 Å². The zero-order valence-electron chi connectivity index (χ0n) is 12.5. The average Bonchev–Trinajstić information content (AvgIpc) is 3.11. The van der Waals surface area contributed by atoms with E-state index >= 15 is 0 Å². The van der Waals surface area contributed by atoms with Gasteiger partial charge in [0, 0.05) is 17.0 Å². The number of benzene rings is 2. The summed E-state index contributed by atoms with van der Waals surface area (Å²) < 4.78 is 0. The van der Waals surface area contributed by atoms with Gasteiger partial charge in [0.25, 0.3) is 0 Å². The van der Waals surface area contributed by atoms with Crippen LogP contribution in [-0.2, 0) is 4.79 Å². The van der Waals surface area contributed by atoms with E-state index in [0.717, 1.165) is 42.5 Å². The van der Waals surface area contributed by atoms with E-state index in [1.807, 2.05) is 60.7 Å². The van der Waals surface area contributed by atoms with Crippen molar-refractivity contribution in [1.29, 1.82) is 0 Å². The number of nitrogens with one attached hydrogen (secondary N) is 1. The third kappa shape index (κ3) is 3.42. The van der Waals surface area contributed by atoms with Gasteiger partial charge in [-0.3, -0.25) is 4.79 Å². The molecule has 0 spiro atoms.